The number of ketones is 1. The van der Waals surface area contributed by atoms with Gasteiger partial charge in [-0.25, -0.2) is 9.18 Å². The van der Waals surface area contributed by atoms with Crippen molar-refractivity contribution in [2.24, 2.45) is 0 Å². The number of hydrogen-bond acceptors (Lipinski definition) is 5. The summed E-state index contributed by atoms with van der Waals surface area (Å²) in [6.45, 7) is 0.137. The topological polar surface area (TPSA) is 72.9 Å². The first-order chi connectivity index (χ1) is 13.0. The molecule has 140 valence electrons. The molecule has 1 aliphatic heterocycles. The van der Waals surface area contributed by atoms with Gasteiger partial charge in [0.1, 0.15) is 0 Å². The molecule has 3 rings (SSSR count). The predicted molar refractivity (Wildman–Crippen MR) is 95.6 cm³/mol. The lowest BCUT2D eigenvalue weighted by molar-refractivity contribution is -0.117. The van der Waals surface area contributed by atoms with E-state index in [1.807, 2.05) is 0 Å². The average Bonchev–Trinajstić information content (AvgIpc) is 3.11. The van der Waals surface area contributed by atoms with Crippen molar-refractivity contribution in [3.63, 3.8) is 0 Å². The van der Waals surface area contributed by atoms with E-state index in [0.29, 0.717) is 24.2 Å². The van der Waals surface area contributed by atoms with E-state index >= 15 is 0 Å². The van der Waals surface area contributed by atoms with Gasteiger partial charge < -0.3 is 14.4 Å². The summed E-state index contributed by atoms with van der Waals surface area (Å²) in [5, 5.41) is 0. The molecule has 2 aromatic rings. The van der Waals surface area contributed by atoms with Gasteiger partial charge in [0.2, 0.25) is 5.91 Å². The number of carbonyl (C=O) groups is 3. The molecule has 0 aliphatic carbocycles. The van der Waals surface area contributed by atoms with Gasteiger partial charge in [-0.2, -0.15) is 0 Å². The zero-order valence-electron chi connectivity index (χ0n) is 14.7. The Balaban J connectivity index is 1.64. The molecule has 0 atom stereocenters. The Hall–Kier alpha value is -3.22. The van der Waals surface area contributed by atoms with Crippen LogP contribution in [-0.4, -0.2) is 37.9 Å². The number of anilines is 1. The minimum absolute atomic E-state index is 0.0101. The fourth-order valence-corrected chi connectivity index (χ4v) is 2.86. The van der Waals surface area contributed by atoms with E-state index in [-0.39, 0.29) is 17.2 Å². The number of Topliss-reactive ketones (excluding diaryl/α,β-unsaturated/α-hetero) is 1. The number of esters is 1. The van der Waals surface area contributed by atoms with Gasteiger partial charge in [0, 0.05) is 24.2 Å². The molecule has 0 aromatic heterocycles. The summed E-state index contributed by atoms with van der Waals surface area (Å²) in [5.41, 5.74) is 0.963. The number of methoxy groups -OCH3 is 1. The van der Waals surface area contributed by atoms with Crippen LogP contribution in [0.2, 0.25) is 0 Å². The normalized spacial score (nSPS) is 13.6. The third-order valence-corrected chi connectivity index (χ3v) is 4.28. The van der Waals surface area contributed by atoms with Crippen LogP contribution in [0.5, 0.6) is 5.75 Å². The number of amides is 1. The second-order valence-electron chi connectivity index (χ2n) is 6.05. The van der Waals surface area contributed by atoms with Gasteiger partial charge in [0.25, 0.3) is 0 Å². The van der Waals surface area contributed by atoms with E-state index in [9.17, 15) is 18.8 Å². The van der Waals surface area contributed by atoms with Crippen LogP contribution in [0, 0.1) is 5.82 Å². The minimum atomic E-state index is -0.809. The number of hydrogen-bond donors (Lipinski definition) is 0. The monoisotopic (exact) mass is 371 g/mol. The van der Waals surface area contributed by atoms with E-state index in [4.69, 9.17) is 9.47 Å². The average molecular weight is 371 g/mol. The number of halogens is 1. The standard InChI is InChI=1S/C20H18FNO5/c1-26-18-8-7-14(11-16(18)21)20(25)27-12-17(23)13-4-2-5-15(10-13)22-9-3-6-19(22)24/h2,4-5,7-8,10-11H,3,6,9,12H2,1H3. The Morgan fingerprint density at radius 2 is 1.96 bits per heavy atom. The zero-order chi connectivity index (χ0) is 19.4. The largest absolute Gasteiger partial charge is 0.494 e. The van der Waals surface area contributed by atoms with Crippen molar-refractivity contribution in [3.05, 3.63) is 59.4 Å². The Kier molecular flexibility index (Phi) is 5.49. The lowest BCUT2D eigenvalue weighted by atomic mass is 10.1. The minimum Gasteiger partial charge on any atom is -0.494 e. The van der Waals surface area contributed by atoms with Crippen molar-refractivity contribution in [2.45, 2.75) is 12.8 Å². The van der Waals surface area contributed by atoms with Gasteiger partial charge in [-0.3, -0.25) is 9.59 Å². The highest BCUT2D eigenvalue weighted by molar-refractivity contribution is 6.01. The van der Waals surface area contributed by atoms with Gasteiger partial charge in [-0.1, -0.05) is 12.1 Å². The highest BCUT2D eigenvalue weighted by atomic mass is 19.1. The van der Waals surface area contributed by atoms with E-state index in [0.717, 1.165) is 12.5 Å². The smallest absolute Gasteiger partial charge is 0.338 e. The van der Waals surface area contributed by atoms with Crippen molar-refractivity contribution < 1.29 is 28.2 Å². The van der Waals surface area contributed by atoms with Crippen LogP contribution in [-0.2, 0) is 9.53 Å². The second kappa shape index (κ2) is 7.99. The summed E-state index contributed by atoms with van der Waals surface area (Å²) >= 11 is 0. The van der Waals surface area contributed by atoms with E-state index in [1.165, 1.54) is 19.2 Å². The maximum Gasteiger partial charge on any atom is 0.338 e. The van der Waals surface area contributed by atoms with Crippen LogP contribution in [0.1, 0.15) is 33.6 Å². The molecule has 7 heteroatoms. The maximum atomic E-state index is 13.7. The summed E-state index contributed by atoms with van der Waals surface area (Å²) in [7, 11) is 1.32. The first-order valence-corrected chi connectivity index (χ1v) is 8.44. The summed E-state index contributed by atoms with van der Waals surface area (Å²) in [4.78, 5) is 37.8. The van der Waals surface area contributed by atoms with Crippen LogP contribution in [0.3, 0.4) is 0 Å². The third-order valence-electron chi connectivity index (χ3n) is 4.28. The first kappa shape index (κ1) is 18.6. The Morgan fingerprint density at radius 3 is 2.63 bits per heavy atom. The number of ether oxygens (including phenoxy) is 2. The van der Waals surface area contributed by atoms with Crippen LogP contribution >= 0.6 is 0 Å². The van der Waals surface area contributed by atoms with Gasteiger partial charge in [0.15, 0.2) is 24.0 Å². The molecule has 1 amide bonds. The highest BCUT2D eigenvalue weighted by Crippen LogP contribution is 2.23. The summed E-state index contributed by atoms with van der Waals surface area (Å²) < 4.78 is 23.4. The van der Waals surface area contributed by atoms with Gasteiger partial charge >= 0.3 is 5.97 Å². The Labute approximate surface area is 155 Å². The zero-order valence-corrected chi connectivity index (χ0v) is 14.7. The molecular weight excluding hydrogens is 353 g/mol. The third kappa shape index (κ3) is 4.13. The first-order valence-electron chi connectivity index (χ1n) is 8.44. The molecule has 0 radical (unpaired) electrons. The lowest BCUT2D eigenvalue weighted by Crippen LogP contribution is -2.24. The van der Waals surface area contributed by atoms with Gasteiger partial charge in [0.05, 0.1) is 12.7 Å². The van der Waals surface area contributed by atoms with Crippen molar-refractivity contribution in [1.29, 1.82) is 0 Å². The lowest BCUT2D eigenvalue weighted by Gasteiger charge is -2.16. The van der Waals surface area contributed by atoms with E-state index in [2.05, 4.69) is 0 Å². The Morgan fingerprint density at radius 1 is 1.15 bits per heavy atom. The number of nitrogens with zero attached hydrogens (tertiary/aromatic N) is 1. The quantitative estimate of drug-likeness (QED) is 0.577. The van der Waals surface area contributed by atoms with Crippen LogP contribution in [0.4, 0.5) is 10.1 Å². The molecule has 1 aliphatic rings. The molecule has 0 bridgehead atoms. The van der Waals surface area contributed by atoms with Crippen molar-refractivity contribution >= 4 is 23.3 Å². The maximum absolute atomic E-state index is 13.7. The summed E-state index contributed by atoms with van der Waals surface area (Å²) in [6, 6.07) is 10.3. The predicted octanol–water partition coefficient (Wildman–Crippen LogP) is 3.00. The molecular formula is C20H18FNO5. The highest BCUT2D eigenvalue weighted by Gasteiger charge is 2.22. The second-order valence-corrected chi connectivity index (χ2v) is 6.05. The number of carbonyl (C=O) groups excluding carboxylic acids is 3. The summed E-state index contributed by atoms with van der Waals surface area (Å²) in [5.74, 6) is -1.88. The molecule has 27 heavy (non-hydrogen) atoms. The van der Waals surface area contributed by atoms with Gasteiger partial charge in [-0.05, 0) is 36.8 Å². The van der Waals surface area contributed by atoms with Crippen molar-refractivity contribution in [1.82, 2.24) is 0 Å². The van der Waals surface area contributed by atoms with E-state index in [1.54, 1.807) is 29.2 Å². The molecule has 6 nitrogen and oxygen atoms in total. The molecule has 0 N–H and O–H groups in total. The molecule has 1 saturated heterocycles. The van der Waals surface area contributed by atoms with Crippen LogP contribution < -0.4 is 9.64 Å². The molecule has 0 saturated carbocycles. The molecule has 1 heterocycles. The Bertz CT molecular complexity index is 896. The SMILES string of the molecule is COc1ccc(C(=O)OCC(=O)c2cccc(N3CCCC3=O)c2)cc1F. The summed E-state index contributed by atoms with van der Waals surface area (Å²) in [6.07, 6.45) is 1.28. The van der Waals surface area contributed by atoms with Crippen molar-refractivity contribution in [2.75, 3.05) is 25.2 Å². The molecule has 1 fully saturated rings. The van der Waals surface area contributed by atoms with Crippen LogP contribution in [0.25, 0.3) is 0 Å². The van der Waals surface area contributed by atoms with Gasteiger partial charge in [-0.15, -0.1) is 0 Å². The molecule has 0 unspecified atom stereocenters. The molecule has 0 spiro atoms. The molecule has 2 aromatic carbocycles. The fraction of sp³-hybridized carbons (Fsp3) is 0.250. The number of rotatable bonds is 6. The number of benzene rings is 2. The van der Waals surface area contributed by atoms with E-state index < -0.39 is 24.2 Å². The fourth-order valence-electron chi connectivity index (χ4n) is 2.86. The van der Waals surface area contributed by atoms with Crippen LogP contribution in [0.15, 0.2) is 42.5 Å². The van der Waals surface area contributed by atoms with Crippen molar-refractivity contribution in [3.8, 4) is 5.75 Å².